The van der Waals surface area contributed by atoms with Crippen molar-refractivity contribution in [2.24, 2.45) is 0 Å². The van der Waals surface area contributed by atoms with E-state index in [1.165, 1.54) is 0 Å². The fourth-order valence-electron chi connectivity index (χ4n) is 3.88. The van der Waals surface area contributed by atoms with Crippen molar-refractivity contribution in [3.63, 3.8) is 0 Å². The maximum atomic E-state index is 13.0. The van der Waals surface area contributed by atoms with Crippen molar-refractivity contribution in [2.75, 3.05) is 19.5 Å². The summed E-state index contributed by atoms with van der Waals surface area (Å²) in [5.74, 6) is 1.65. The molecule has 1 heterocycles. The smallest absolute Gasteiger partial charge is 0.255 e. The van der Waals surface area contributed by atoms with E-state index < -0.39 is 0 Å². The summed E-state index contributed by atoms with van der Waals surface area (Å²) in [7, 11) is 3.21. The van der Waals surface area contributed by atoms with Gasteiger partial charge in [-0.3, -0.25) is 9.48 Å². The van der Waals surface area contributed by atoms with Crippen molar-refractivity contribution >= 4 is 34.8 Å². The van der Waals surface area contributed by atoms with Crippen LogP contribution >= 0.6 is 23.2 Å². The quantitative estimate of drug-likeness (QED) is 0.256. The van der Waals surface area contributed by atoms with E-state index in [0.29, 0.717) is 51.7 Å². The molecule has 0 atom stereocenters. The van der Waals surface area contributed by atoms with Crippen LogP contribution in [-0.4, -0.2) is 29.9 Å². The topological polar surface area (TPSA) is 74.6 Å². The Morgan fingerprint density at radius 2 is 1.57 bits per heavy atom. The summed E-state index contributed by atoms with van der Waals surface area (Å²) in [4.78, 5) is 13.0. The van der Waals surface area contributed by atoms with Gasteiger partial charge in [-0.25, -0.2) is 0 Å². The van der Waals surface area contributed by atoms with Gasteiger partial charge in [-0.05, 0) is 67.4 Å². The number of nitrogens with zero attached hydrogens (tertiary/aromatic N) is 2. The van der Waals surface area contributed by atoms with Crippen molar-refractivity contribution in [3.8, 4) is 17.2 Å². The Kier molecular flexibility index (Phi) is 8.26. The third-order valence-corrected chi connectivity index (χ3v) is 6.44. The minimum absolute atomic E-state index is 0.218. The van der Waals surface area contributed by atoms with Gasteiger partial charge in [-0.1, -0.05) is 41.4 Å². The first-order valence-corrected chi connectivity index (χ1v) is 12.3. The van der Waals surface area contributed by atoms with Crippen LogP contribution in [0.3, 0.4) is 0 Å². The first-order chi connectivity index (χ1) is 17.8. The lowest BCUT2D eigenvalue weighted by atomic mass is 10.1. The Labute approximate surface area is 225 Å². The molecule has 0 fully saturated rings. The van der Waals surface area contributed by atoms with E-state index >= 15 is 0 Å². The lowest BCUT2D eigenvalue weighted by Crippen LogP contribution is -2.13. The molecule has 0 saturated heterocycles. The molecule has 4 rings (SSSR count). The van der Waals surface area contributed by atoms with Gasteiger partial charge in [-0.15, -0.1) is 0 Å². The highest BCUT2D eigenvalue weighted by molar-refractivity contribution is 6.35. The molecule has 0 saturated carbocycles. The summed E-state index contributed by atoms with van der Waals surface area (Å²) in [5.41, 5.74) is 4.70. The number of ether oxygens (including phenoxy) is 3. The molecule has 1 N–H and O–H groups in total. The van der Waals surface area contributed by atoms with E-state index in [9.17, 15) is 4.79 Å². The Hall–Kier alpha value is -3.68. The first-order valence-electron chi connectivity index (χ1n) is 11.5. The maximum absolute atomic E-state index is 13.0. The van der Waals surface area contributed by atoms with Gasteiger partial charge in [0.25, 0.3) is 5.91 Å². The summed E-state index contributed by atoms with van der Waals surface area (Å²) in [6, 6.07) is 18.0. The molecule has 0 aliphatic rings. The van der Waals surface area contributed by atoms with Gasteiger partial charge >= 0.3 is 0 Å². The number of aryl methyl sites for hydroxylation is 1. The molecule has 3 aromatic carbocycles. The number of anilines is 1. The number of carbonyl (C=O) groups excluding carboxylic acids is 1. The molecule has 0 aliphatic heterocycles. The molecule has 0 spiro atoms. The van der Waals surface area contributed by atoms with Crippen LogP contribution in [-0.2, 0) is 13.2 Å². The molecule has 1 amide bonds. The van der Waals surface area contributed by atoms with Gasteiger partial charge in [0.1, 0.15) is 12.4 Å². The van der Waals surface area contributed by atoms with Gasteiger partial charge in [0, 0.05) is 10.6 Å². The van der Waals surface area contributed by atoms with Crippen molar-refractivity contribution in [2.45, 2.75) is 27.0 Å². The summed E-state index contributed by atoms with van der Waals surface area (Å²) < 4.78 is 18.3. The first kappa shape index (κ1) is 26.4. The minimum atomic E-state index is -0.218. The van der Waals surface area contributed by atoms with Crippen LogP contribution in [0.1, 0.15) is 32.9 Å². The highest BCUT2D eigenvalue weighted by Gasteiger charge is 2.16. The van der Waals surface area contributed by atoms with Crippen LogP contribution in [0.4, 0.5) is 5.69 Å². The third-order valence-electron chi connectivity index (χ3n) is 5.90. The largest absolute Gasteiger partial charge is 0.493 e. The predicted octanol–water partition coefficient (Wildman–Crippen LogP) is 6.70. The summed E-state index contributed by atoms with van der Waals surface area (Å²) in [6.45, 7) is 4.63. The van der Waals surface area contributed by atoms with Gasteiger partial charge in [0.2, 0.25) is 0 Å². The van der Waals surface area contributed by atoms with E-state index in [0.717, 1.165) is 22.5 Å². The predicted molar refractivity (Wildman–Crippen MR) is 146 cm³/mol. The molecule has 9 heteroatoms. The Morgan fingerprint density at radius 1 is 0.892 bits per heavy atom. The highest BCUT2D eigenvalue weighted by atomic mass is 35.5. The number of nitrogens with one attached hydrogen (secondary N) is 1. The van der Waals surface area contributed by atoms with Crippen molar-refractivity contribution in [1.29, 1.82) is 0 Å². The Balaban J connectivity index is 1.42. The lowest BCUT2D eigenvalue weighted by Gasteiger charge is -2.11. The fraction of sp³-hybridized carbons (Fsp3) is 0.214. The van der Waals surface area contributed by atoms with Gasteiger partial charge in [0.15, 0.2) is 11.5 Å². The lowest BCUT2D eigenvalue weighted by molar-refractivity contribution is 0.102. The molecule has 7 nitrogen and oxygen atoms in total. The van der Waals surface area contributed by atoms with Crippen LogP contribution in [0.2, 0.25) is 10.0 Å². The molecule has 0 bridgehead atoms. The van der Waals surface area contributed by atoms with Crippen LogP contribution in [0.15, 0.2) is 60.7 Å². The van der Waals surface area contributed by atoms with Crippen LogP contribution in [0.25, 0.3) is 0 Å². The average molecular weight is 540 g/mol. The van der Waals surface area contributed by atoms with Crippen LogP contribution in [0.5, 0.6) is 17.2 Å². The second-order valence-electron chi connectivity index (χ2n) is 8.41. The number of carbonyl (C=O) groups is 1. The molecule has 37 heavy (non-hydrogen) atoms. The number of halogens is 2. The van der Waals surface area contributed by atoms with E-state index in [2.05, 4.69) is 10.4 Å². The summed E-state index contributed by atoms with van der Waals surface area (Å²) in [5, 5.41) is 8.62. The zero-order valence-corrected chi connectivity index (χ0v) is 22.5. The number of hydrogen-bond acceptors (Lipinski definition) is 5. The molecule has 0 aliphatic carbocycles. The average Bonchev–Trinajstić information content (AvgIpc) is 3.15. The van der Waals surface area contributed by atoms with Gasteiger partial charge < -0.3 is 19.5 Å². The third kappa shape index (κ3) is 6.18. The zero-order chi connectivity index (χ0) is 26.5. The van der Waals surface area contributed by atoms with Crippen molar-refractivity contribution in [3.05, 3.63) is 98.8 Å². The van der Waals surface area contributed by atoms with Crippen LogP contribution < -0.4 is 19.5 Å². The highest BCUT2D eigenvalue weighted by Crippen LogP contribution is 2.30. The molecule has 4 aromatic rings. The second-order valence-corrected chi connectivity index (χ2v) is 9.25. The van der Waals surface area contributed by atoms with Gasteiger partial charge in [0.05, 0.1) is 42.9 Å². The Bertz CT molecular complexity index is 1420. The van der Waals surface area contributed by atoms with Crippen molar-refractivity contribution in [1.82, 2.24) is 9.78 Å². The molecule has 0 unspecified atom stereocenters. The number of benzene rings is 3. The molecule has 1 aromatic heterocycles. The van der Waals surface area contributed by atoms with E-state index in [1.807, 2.05) is 48.9 Å². The standard InChI is InChI=1S/C28H27Cl2N3O4/c1-17-27(18(2)33(32-17)15-20-7-11-25(35-3)26(13-20)36-4)31-28(34)21-8-5-19(6-9-21)16-37-24-12-10-22(29)14-23(24)30/h5-14H,15-16H2,1-4H3,(H,31,34). The number of hydrogen-bond donors (Lipinski definition) is 1. The van der Waals surface area contributed by atoms with E-state index in [1.54, 1.807) is 44.6 Å². The monoisotopic (exact) mass is 539 g/mol. The molecular weight excluding hydrogens is 513 g/mol. The second kappa shape index (κ2) is 11.6. The number of aromatic nitrogens is 2. The van der Waals surface area contributed by atoms with E-state index in [4.69, 9.17) is 37.4 Å². The number of rotatable bonds is 9. The Morgan fingerprint density at radius 3 is 2.24 bits per heavy atom. The molecular formula is C28H27Cl2N3O4. The SMILES string of the molecule is COc1ccc(Cn2nc(C)c(NC(=O)c3ccc(COc4ccc(Cl)cc4Cl)cc3)c2C)cc1OC. The molecule has 0 radical (unpaired) electrons. The normalized spacial score (nSPS) is 10.8. The zero-order valence-electron chi connectivity index (χ0n) is 21.0. The molecule has 192 valence electrons. The van der Waals surface area contributed by atoms with E-state index in [-0.39, 0.29) is 5.91 Å². The van der Waals surface area contributed by atoms with Gasteiger partial charge in [-0.2, -0.15) is 5.10 Å². The summed E-state index contributed by atoms with van der Waals surface area (Å²) >= 11 is 12.1. The maximum Gasteiger partial charge on any atom is 0.255 e. The minimum Gasteiger partial charge on any atom is -0.493 e. The number of amides is 1. The van der Waals surface area contributed by atoms with Crippen molar-refractivity contribution < 1.29 is 19.0 Å². The number of methoxy groups -OCH3 is 2. The fourth-order valence-corrected chi connectivity index (χ4v) is 4.34. The van der Waals surface area contributed by atoms with Crippen LogP contribution in [0, 0.1) is 13.8 Å². The summed E-state index contributed by atoms with van der Waals surface area (Å²) in [6.07, 6.45) is 0.